The lowest BCUT2D eigenvalue weighted by Gasteiger charge is -2.39. The molecule has 1 aromatic carbocycles. The van der Waals surface area contributed by atoms with Gasteiger partial charge in [-0.15, -0.1) is 0 Å². The lowest BCUT2D eigenvalue weighted by molar-refractivity contribution is 0.137. The first-order valence-electron chi connectivity index (χ1n) is 6.95. The van der Waals surface area contributed by atoms with Gasteiger partial charge in [-0.2, -0.15) is 0 Å². The van der Waals surface area contributed by atoms with Crippen molar-refractivity contribution in [2.75, 3.05) is 6.61 Å². The van der Waals surface area contributed by atoms with Gasteiger partial charge in [-0.1, -0.05) is 32.0 Å². The zero-order valence-corrected chi connectivity index (χ0v) is 11.4. The first-order valence-corrected chi connectivity index (χ1v) is 6.95. The number of benzene rings is 1. The van der Waals surface area contributed by atoms with Crippen LogP contribution in [0.25, 0.3) is 0 Å². The van der Waals surface area contributed by atoms with Gasteiger partial charge in [0.1, 0.15) is 5.75 Å². The molecule has 2 N–H and O–H groups in total. The van der Waals surface area contributed by atoms with Crippen molar-refractivity contribution in [3.63, 3.8) is 0 Å². The van der Waals surface area contributed by atoms with E-state index in [4.69, 9.17) is 0 Å². The summed E-state index contributed by atoms with van der Waals surface area (Å²) < 4.78 is 0. The normalized spacial score (nSPS) is 25.1. The molecular weight excluding hydrogens is 224 g/mol. The minimum absolute atomic E-state index is 0.00572. The molecule has 2 nitrogen and oxygen atoms in total. The highest BCUT2D eigenvalue weighted by molar-refractivity contribution is 5.38. The number of hydrogen-bond donors (Lipinski definition) is 2. The molecule has 1 aliphatic carbocycles. The second kappa shape index (κ2) is 5.31. The van der Waals surface area contributed by atoms with Crippen molar-refractivity contribution in [1.29, 1.82) is 0 Å². The Morgan fingerprint density at radius 1 is 1.11 bits per heavy atom. The first-order chi connectivity index (χ1) is 8.55. The first kappa shape index (κ1) is 13.4. The molecule has 100 valence electrons. The Hall–Kier alpha value is -1.02. The van der Waals surface area contributed by atoms with Crippen LogP contribution in [0.5, 0.6) is 5.75 Å². The number of hydrogen-bond acceptors (Lipinski definition) is 2. The molecule has 0 amide bonds. The number of aromatic hydroxyl groups is 1. The summed E-state index contributed by atoms with van der Waals surface area (Å²) in [5, 5.41) is 19.2. The molecule has 0 spiro atoms. The fraction of sp³-hybridized carbons (Fsp3) is 0.625. The maximum Gasteiger partial charge on any atom is 0.119 e. The minimum atomic E-state index is 0.00572. The van der Waals surface area contributed by atoms with Gasteiger partial charge in [-0.05, 0) is 54.6 Å². The Morgan fingerprint density at radius 2 is 1.72 bits per heavy atom. The van der Waals surface area contributed by atoms with Crippen LogP contribution in [0.15, 0.2) is 24.3 Å². The third-order valence-electron chi connectivity index (χ3n) is 4.72. The summed E-state index contributed by atoms with van der Waals surface area (Å²) in [5.74, 6) is 1.49. The van der Waals surface area contributed by atoms with E-state index in [0.29, 0.717) is 24.2 Å². The van der Waals surface area contributed by atoms with Crippen molar-refractivity contribution in [3.05, 3.63) is 29.8 Å². The second-order valence-corrected chi connectivity index (χ2v) is 6.14. The van der Waals surface area contributed by atoms with Gasteiger partial charge >= 0.3 is 0 Å². The summed E-state index contributed by atoms with van der Waals surface area (Å²) in [4.78, 5) is 0. The van der Waals surface area contributed by atoms with Gasteiger partial charge < -0.3 is 10.2 Å². The fourth-order valence-electron chi connectivity index (χ4n) is 3.31. The highest BCUT2D eigenvalue weighted by atomic mass is 16.3. The van der Waals surface area contributed by atoms with Crippen LogP contribution in [0, 0.1) is 11.8 Å². The van der Waals surface area contributed by atoms with Gasteiger partial charge in [0, 0.05) is 6.61 Å². The van der Waals surface area contributed by atoms with Gasteiger partial charge in [0.15, 0.2) is 0 Å². The van der Waals surface area contributed by atoms with E-state index in [1.165, 1.54) is 0 Å². The monoisotopic (exact) mass is 248 g/mol. The van der Waals surface area contributed by atoms with E-state index in [9.17, 15) is 10.2 Å². The van der Waals surface area contributed by atoms with Crippen LogP contribution in [0.1, 0.15) is 45.1 Å². The van der Waals surface area contributed by atoms with Gasteiger partial charge in [-0.3, -0.25) is 0 Å². The van der Waals surface area contributed by atoms with Crippen molar-refractivity contribution in [2.24, 2.45) is 11.8 Å². The van der Waals surface area contributed by atoms with Crippen LogP contribution in [-0.2, 0) is 5.41 Å². The average molecular weight is 248 g/mol. The summed E-state index contributed by atoms with van der Waals surface area (Å²) in [6, 6.07) is 7.68. The van der Waals surface area contributed by atoms with Gasteiger partial charge in [-0.25, -0.2) is 0 Å². The maximum atomic E-state index is 10.0. The SMILES string of the molecule is CC(C)(c1ccccc1O)C1CCC(CO)CC1. The lowest BCUT2D eigenvalue weighted by atomic mass is 9.65. The van der Waals surface area contributed by atoms with Crippen molar-refractivity contribution >= 4 is 0 Å². The molecule has 1 fully saturated rings. The summed E-state index contributed by atoms with van der Waals surface area (Å²) in [6.45, 7) is 4.78. The zero-order chi connectivity index (χ0) is 13.2. The summed E-state index contributed by atoms with van der Waals surface area (Å²) in [5.41, 5.74) is 1.06. The topological polar surface area (TPSA) is 40.5 Å². The molecule has 0 heterocycles. The molecule has 0 aliphatic heterocycles. The Kier molecular flexibility index (Phi) is 3.96. The number of phenolic OH excluding ortho intramolecular Hbond substituents is 1. The molecule has 2 heteroatoms. The number of aliphatic hydroxyl groups is 1. The fourth-order valence-corrected chi connectivity index (χ4v) is 3.31. The molecule has 0 saturated heterocycles. The van der Waals surface area contributed by atoms with Crippen LogP contribution in [-0.4, -0.2) is 16.8 Å². The Labute approximate surface area is 110 Å². The minimum Gasteiger partial charge on any atom is -0.508 e. The molecule has 1 saturated carbocycles. The number of phenols is 1. The van der Waals surface area contributed by atoms with Crippen molar-refractivity contribution in [3.8, 4) is 5.75 Å². The van der Waals surface area contributed by atoms with E-state index in [-0.39, 0.29) is 5.41 Å². The summed E-state index contributed by atoms with van der Waals surface area (Å²) >= 11 is 0. The third kappa shape index (κ3) is 2.54. The Balaban J connectivity index is 2.14. The molecule has 1 aliphatic rings. The summed E-state index contributed by atoms with van der Waals surface area (Å²) in [7, 11) is 0. The second-order valence-electron chi connectivity index (χ2n) is 6.14. The number of aliphatic hydroxyl groups excluding tert-OH is 1. The van der Waals surface area contributed by atoms with E-state index in [0.717, 1.165) is 31.2 Å². The Morgan fingerprint density at radius 3 is 2.28 bits per heavy atom. The smallest absolute Gasteiger partial charge is 0.119 e. The molecular formula is C16H24O2. The van der Waals surface area contributed by atoms with Crippen molar-refractivity contribution in [1.82, 2.24) is 0 Å². The number of rotatable bonds is 3. The number of para-hydroxylation sites is 1. The van der Waals surface area contributed by atoms with E-state index in [1.807, 2.05) is 18.2 Å². The molecule has 0 radical (unpaired) electrons. The molecule has 2 rings (SSSR count). The lowest BCUT2D eigenvalue weighted by Crippen LogP contribution is -2.32. The highest BCUT2D eigenvalue weighted by Gasteiger charge is 2.35. The predicted molar refractivity (Wildman–Crippen MR) is 73.7 cm³/mol. The molecule has 0 bridgehead atoms. The van der Waals surface area contributed by atoms with Gasteiger partial charge in [0.25, 0.3) is 0 Å². The molecule has 0 unspecified atom stereocenters. The molecule has 1 aromatic rings. The van der Waals surface area contributed by atoms with Crippen LogP contribution >= 0.6 is 0 Å². The van der Waals surface area contributed by atoms with Crippen LogP contribution in [0.2, 0.25) is 0 Å². The maximum absolute atomic E-state index is 10.0. The van der Waals surface area contributed by atoms with E-state index < -0.39 is 0 Å². The van der Waals surface area contributed by atoms with Gasteiger partial charge in [0.2, 0.25) is 0 Å². The van der Waals surface area contributed by atoms with Crippen LogP contribution in [0.3, 0.4) is 0 Å². The van der Waals surface area contributed by atoms with Crippen molar-refractivity contribution < 1.29 is 10.2 Å². The van der Waals surface area contributed by atoms with Crippen LogP contribution in [0.4, 0.5) is 0 Å². The van der Waals surface area contributed by atoms with E-state index >= 15 is 0 Å². The van der Waals surface area contributed by atoms with E-state index in [2.05, 4.69) is 13.8 Å². The molecule has 0 aromatic heterocycles. The third-order valence-corrected chi connectivity index (χ3v) is 4.72. The highest BCUT2D eigenvalue weighted by Crippen LogP contribution is 2.44. The standard InChI is InChI=1S/C16H24O2/c1-16(2,14-5-3-4-6-15(14)18)13-9-7-12(11-17)8-10-13/h3-6,12-13,17-18H,7-11H2,1-2H3. The van der Waals surface area contributed by atoms with Crippen LogP contribution < -0.4 is 0 Å². The molecule has 18 heavy (non-hydrogen) atoms. The van der Waals surface area contributed by atoms with Crippen molar-refractivity contribution in [2.45, 2.75) is 44.9 Å². The Bertz CT molecular complexity index is 390. The van der Waals surface area contributed by atoms with E-state index in [1.54, 1.807) is 6.07 Å². The predicted octanol–water partition coefficient (Wildman–Crippen LogP) is 3.47. The molecule has 0 atom stereocenters. The van der Waals surface area contributed by atoms with Gasteiger partial charge in [0.05, 0.1) is 0 Å². The zero-order valence-electron chi connectivity index (χ0n) is 11.4. The largest absolute Gasteiger partial charge is 0.508 e. The average Bonchev–Trinajstić information content (AvgIpc) is 2.39. The quantitative estimate of drug-likeness (QED) is 0.860. The summed E-state index contributed by atoms with van der Waals surface area (Å²) in [6.07, 6.45) is 4.51.